The van der Waals surface area contributed by atoms with Crippen LogP contribution in [0.2, 0.25) is 0 Å². The Kier molecular flexibility index (Phi) is 2.99. The van der Waals surface area contributed by atoms with Crippen molar-refractivity contribution in [1.82, 2.24) is 0 Å². The number of rotatable bonds is 2. The van der Waals surface area contributed by atoms with Crippen LogP contribution in [0.15, 0.2) is 72.8 Å². The highest BCUT2D eigenvalue weighted by molar-refractivity contribution is 5.38. The van der Waals surface area contributed by atoms with Crippen molar-refractivity contribution < 1.29 is 4.74 Å². The fourth-order valence-electron chi connectivity index (χ4n) is 2.55. The van der Waals surface area contributed by atoms with E-state index in [1.54, 1.807) is 0 Å². The monoisotopic (exact) mass is 236 g/mol. The third-order valence-corrected chi connectivity index (χ3v) is 3.48. The van der Waals surface area contributed by atoms with E-state index in [0.29, 0.717) is 6.61 Å². The molecule has 0 radical (unpaired) electrons. The van der Waals surface area contributed by atoms with E-state index in [0.717, 1.165) is 6.42 Å². The van der Waals surface area contributed by atoms with Crippen molar-refractivity contribution >= 4 is 0 Å². The van der Waals surface area contributed by atoms with Crippen molar-refractivity contribution in [3.63, 3.8) is 0 Å². The molecule has 0 amide bonds. The molecular formula is C17H16O. The number of hydrogen-bond acceptors (Lipinski definition) is 1. The van der Waals surface area contributed by atoms with Gasteiger partial charge in [0.05, 0.1) is 6.61 Å². The van der Waals surface area contributed by atoms with Crippen LogP contribution in [-0.4, -0.2) is 6.61 Å². The van der Waals surface area contributed by atoms with Crippen LogP contribution < -0.4 is 0 Å². The molecule has 1 nitrogen and oxygen atoms in total. The highest BCUT2D eigenvalue weighted by Gasteiger charge is 2.35. The second-order valence-electron chi connectivity index (χ2n) is 4.55. The molecule has 90 valence electrons. The van der Waals surface area contributed by atoms with Gasteiger partial charge in [-0.25, -0.2) is 0 Å². The Hall–Kier alpha value is -1.86. The van der Waals surface area contributed by atoms with E-state index in [1.165, 1.54) is 11.1 Å². The Labute approximate surface area is 108 Å². The summed E-state index contributed by atoms with van der Waals surface area (Å²) >= 11 is 0. The molecule has 1 heterocycles. The predicted molar refractivity (Wildman–Crippen MR) is 73.4 cm³/mol. The van der Waals surface area contributed by atoms with Crippen LogP contribution in [0.4, 0.5) is 0 Å². The number of benzene rings is 2. The van der Waals surface area contributed by atoms with Gasteiger partial charge in [0.1, 0.15) is 5.60 Å². The minimum Gasteiger partial charge on any atom is -0.361 e. The minimum atomic E-state index is -0.322. The van der Waals surface area contributed by atoms with Gasteiger partial charge in [-0.05, 0) is 11.1 Å². The van der Waals surface area contributed by atoms with E-state index in [4.69, 9.17) is 4.74 Å². The first-order chi connectivity index (χ1) is 8.92. The summed E-state index contributed by atoms with van der Waals surface area (Å²) in [7, 11) is 0. The van der Waals surface area contributed by atoms with Gasteiger partial charge in [0.2, 0.25) is 0 Å². The van der Waals surface area contributed by atoms with Gasteiger partial charge in [-0.15, -0.1) is 0 Å². The van der Waals surface area contributed by atoms with Crippen LogP contribution in [0, 0.1) is 0 Å². The fraction of sp³-hybridized carbons (Fsp3) is 0.176. The Balaban J connectivity index is 2.13. The second kappa shape index (κ2) is 4.79. The van der Waals surface area contributed by atoms with Crippen LogP contribution in [0.25, 0.3) is 0 Å². The van der Waals surface area contributed by atoms with Crippen LogP contribution >= 0.6 is 0 Å². The zero-order valence-corrected chi connectivity index (χ0v) is 10.3. The molecule has 1 aliphatic heterocycles. The molecule has 0 spiro atoms. The van der Waals surface area contributed by atoms with Gasteiger partial charge < -0.3 is 4.74 Å². The second-order valence-corrected chi connectivity index (χ2v) is 4.55. The van der Waals surface area contributed by atoms with Crippen molar-refractivity contribution in [3.8, 4) is 0 Å². The Morgan fingerprint density at radius 2 is 1.28 bits per heavy atom. The molecule has 18 heavy (non-hydrogen) atoms. The first kappa shape index (κ1) is 11.2. The Morgan fingerprint density at radius 1 is 0.722 bits per heavy atom. The zero-order valence-electron chi connectivity index (χ0n) is 10.3. The van der Waals surface area contributed by atoms with E-state index in [1.807, 2.05) is 12.1 Å². The highest BCUT2D eigenvalue weighted by Crippen LogP contribution is 2.38. The normalized spacial score (nSPS) is 17.6. The van der Waals surface area contributed by atoms with Gasteiger partial charge in [-0.2, -0.15) is 0 Å². The largest absolute Gasteiger partial charge is 0.361 e. The lowest BCUT2D eigenvalue weighted by Gasteiger charge is -2.36. The van der Waals surface area contributed by atoms with Gasteiger partial charge in [-0.1, -0.05) is 72.8 Å². The molecule has 0 bridgehead atoms. The van der Waals surface area contributed by atoms with Gasteiger partial charge in [0, 0.05) is 6.42 Å². The predicted octanol–water partition coefficient (Wildman–Crippen LogP) is 3.91. The first-order valence-electron chi connectivity index (χ1n) is 6.32. The Bertz CT molecular complexity index is 489. The molecule has 0 N–H and O–H groups in total. The lowest BCUT2D eigenvalue weighted by molar-refractivity contribution is -0.00748. The summed E-state index contributed by atoms with van der Waals surface area (Å²) in [6, 6.07) is 20.9. The van der Waals surface area contributed by atoms with Gasteiger partial charge >= 0.3 is 0 Å². The third kappa shape index (κ3) is 1.87. The summed E-state index contributed by atoms with van der Waals surface area (Å²) in [6.45, 7) is 0.670. The fourth-order valence-corrected chi connectivity index (χ4v) is 2.55. The topological polar surface area (TPSA) is 9.23 Å². The molecule has 2 aromatic rings. The van der Waals surface area contributed by atoms with Gasteiger partial charge in [0.25, 0.3) is 0 Å². The Morgan fingerprint density at radius 3 is 1.72 bits per heavy atom. The molecule has 0 atom stereocenters. The smallest absolute Gasteiger partial charge is 0.122 e. The zero-order chi connectivity index (χ0) is 12.3. The average Bonchev–Trinajstić information content (AvgIpc) is 2.50. The molecule has 0 aromatic heterocycles. The highest BCUT2D eigenvalue weighted by atomic mass is 16.5. The number of hydrogen-bond donors (Lipinski definition) is 0. The lowest BCUT2D eigenvalue weighted by atomic mass is 9.82. The summed E-state index contributed by atoms with van der Waals surface area (Å²) in [6.07, 6.45) is 5.19. The summed E-state index contributed by atoms with van der Waals surface area (Å²) < 4.78 is 6.15. The average molecular weight is 236 g/mol. The summed E-state index contributed by atoms with van der Waals surface area (Å²) in [5, 5.41) is 0. The van der Waals surface area contributed by atoms with Crippen LogP contribution in [0.3, 0.4) is 0 Å². The molecule has 0 unspecified atom stereocenters. The van der Waals surface area contributed by atoms with Crippen molar-refractivity contribution in [2.75, 3.05) is 6.61 Å². The summed E-state index contributed by atoms with van der Waals surface area (Å²) in [5.74, 6) is 0. The molecule has 0 fully saturated rings. The lowest BCUT2D eigenvalue weighted by Crippen LogP contribution is -2.32. The van der Waals surface area contributed by atoms with E-state index in [-0.39, 0.29) is 5.60 Å². The quantitative estimate of drug-likeness (QED) is 0.718. The maximum Gasteiger partial charge on any atom is 0.122 e. The van der Waals surface area contributed by atoms with Crippen LogP contribution in [-0.2, 0) is 10.3 Å². The molecule has 1 heteroatoms. The summed E-state index contributed by atoms with van der Waals surface area (Å²) in [5.41, 5.74) is 2.12. The standard InChI is InChI=1S/C17H16O/c1-3-9-15(10-4-1)17(13-7-8-14-18-17)16-11-5-2-6-12-16/h1-12H,13-14H2. The molecule has 0 saturated carbocycles. The minimum absolute atomic E-state index is 0.322. The van der Waals surface area contributed by atoms with Gasteiger partial charge in [0.15, 0.2) is 0 Å². The number of ether oxygens (including phenoxy) is 1. The molecular weight excluding hydrogens is 220 g/mol. The molecule has 1 aliphatic rings. The molecule has 3 rings (SSSR count). The van der Waals surface area contributed by atoms with E-state index in [9.17, 15) is 0 Å². The van der Waals surface area contributed by atoms with Crippen molar-refractivity contribution in [3.05, 3.63) is 83.9 Å². The van der Waals surface area contributed by atoms with Crippen LogP contribution in [0.5, 0.6) is 0 Å². The maximum absolute atomic E-state index is 6.15. The van der Waals surface area contributed by atoms with Gasteiger partial charge in [-0.3, -0.25) is 0 Å². The van der Waals surface area contributed by atoms with E-state index in [2.05, 4.69) is 60.7 Å². The van der Waals surface area contributed by atoms with E-state index >= 15 is 0 Å². The molecule has 0 aliphatic carbocycles. The van der Waals surface area contributed by atoms with Crippen molar-refractivity contribution in [2.45, 2.75) is 12.0 Å². The van der Waals surface area contributed by atoms with E-state index < -0.39 is 0 Å². The SMILES string of the molecule is C1=CCC(c2ccccc2)(c2ccccc2)OC1. The summed E-state index contributed by atoms with van der Waals surface area (Å²) in [4.78, 5) is 0. The molecule has 2 aromatic carbocycles. The van der Waals surface area contributed by atoms with Crippen LogP contribution in [0.1, 0.15) is 17.5 Å². The maximum atomic E-state index is 6.15. The van der Waals surface area contributed by atoms with Crippen molar-refractivity contribution in [1.29, 1.82) is 0 Å². The van der Waals surface area contributed by atoms with Crippen molar-refractivity contribution in [2.24, 2.45) is 0 Å². The first-order valence-corrected chi connectivity index (χ1v) is 6.32. The third-order valence-electron chi connectivity index (χ3n) is 3.48. The molecule has 0 saturated heterocycles.